The van der Waals surface area contributed by atoms with Crippen LogP contribution in [-0.4, -0.2) is 31.2 Å². The molecule has 0 N–H and O–H groups in total. The number of likely N-dealkylation sites (N-methyl/N-ethyl adjacent to an activating group) is 1. The third kappa shape index (κ3) is 4.02. The van der Waals surface area contributed by atoms with Gasteiger partial charge in [-0.2, -0.15) is 5.26 Å². The Labute approximate surface area is 113 Å². The van der Waals surface area contributed by atoms with Crippen LogP contribution in [0.3, 0.4) is 0 Å². The normalized spacial score (nSPS) is 19.4. The van der Waals surface area contributed by atoms with Crippen LogP contribution >= 0.6 is 0 Å². The molecule has 1 heterocycles. The molecule has 4 heteroatoms. The molecule has 0 aromatic heterocycles. The molecule has 3 nitrogen and oxygen atoms in total. The highest BCUT2D eigenvalue weighted by atomic mass is 19.1. The monoisotopic (exact) mass is 262 g/mol. The predicted octanol–water partition coefficient (Wildman–Crippen LogP) is 2.70. The lowest BCUT2D eigenvalue weighted by atomic mass is 10.1. The summed E-state index contributed by atoms with van der Waals surface area (Å²) in [6.45, 7) is 2.23. The number of ether oxygens (including phenoxy) is 1. The van der Waals surface area contributed by atoms with Crippen molar-refractivity contribution < 1.29 is 9.13 Å². The topological polar surface area (TPSA) is 36.3 Å². The zero-order valence-corrected chi connectivity index (χ0v) is 11.2. The number of nitriles is 1. The van der Waals surface area contributed by atoms with Crippen LogP contribution in [0.2, 0.25) is 0 Å². The molecular weight excluding hydrogens is 243 g/mol. The fourth-order valence-corrected chi connectivity index (χ4v) is 2.46. The summed E-state index contributed by atoms with van der Waals surface area (Å²) in [6, 6.07) is 6.41. The third-order valence-corrected chi connectivity index (χ3v) is 3.42. The summed E-state index contributed by atoms with van der Waals surface area (Å²) in [4.78, 5) is 2.09. The van der Waals surface area contributed by atoms with Crippen molar-refractivity contribution in [1.29, 1.82) is 5.26 Å². The van der Waals surface area contributed by atoms with E-state index in [0.29, 0.717) is 12.1 Å². The van der Waals surface area contributed by atoms with Gasteiger partial charge in [-0.25, -0.2) is 4.39 Å². The Bertz CT molecular complexity index is 464. The molecule has 1 aromatic rings. The second kappa shape index (κ2) is 6.65. The van der Waals surface area contributed by atoms with Crippen LogP contribution in [0.25, 0.3) is 0 Å². The highest BCUT2D eigenvalue weighted by Crippen LogP contribution is 2.16. The van der Waals surface area contributed by atoms with Crippen molar-refractivity contribution >= 4 is 0 Å². The van der Waals surface area contributed by atoms with Gasteiger partial charge >= 0.3 is 0 Å². The van der Waals surface area contributed by atoms with Gasteiger partial charge in [0, 0.05) is 19.7 Å². The maximum absolute atomic E-state index is 13.2. The first-order chi connectivity index (χ1) is 9.19. The van der Waals surface area contributed by atoms with Gasteiger partial charge in [0.25, 0.3) is 0 Å². The first kappa shape index (κ1) is 14.0. The summed E-state index contributed by atoms with van der Waals surface area (Å²) in [7, 11) is 1.98. The number of hydrogen-bond acceptors (Lipinski definition) is 3. The second-order valence-corrected chi connectivity index (χ2v) is 5.10. The maximum Gasteiger partial charge on any atom is 0.123 e. The van der Waals surface area contributed by atoms with E-state index in [2.05, 4.69) is 11.0 Å². The number of nitrogens with zero attached hydrogens (tertiary/aromatic N) is 2. The summed E-state index contributed by atoms with van der Waals surface area (Å²) in [5.41, 5.74) is 1.28. The van der Waals surface area contributed by atoms with Crippen molar-refractivity contribution in [3.8, 4) is 6.07 Å². The average Bonchev–Trinajstić information content (AvgIpc) is 2.40. The number of halogens is 1. The van der Waals surface area contributed by atoms with E-state index in [1.165, 1.54) is 24.6 Å². The van der Waals surface area contributed by atoms with Gasteiger partial charge < -0.3 is 4.74 Å². The molecule has 1 aromatic carbocycles. The van der Waals surface area contributed by atoms with Crippen LogP contribution in [-0.2, 0) is 11.3 Å². The van der Waals surface area contributed by atoms with Crippen molar-refractivity contribution in [3.05, 3.63) is 35.1 Å². The van der Waals surface area contributed by atoms with E-state index in [4.69, 9.17) is 10.00 Å². The van der Waals surface area contributed by atoms with Gasteiger partial charge in [-0.3, -0.25) is 4.90 Å². The molecule has 0 amide bonds. The first-order valence-corrected chi connectivity index (χ1v) is 6.67. The van der Waals surface area contributed by atoms with Crippen LogP contribution in [0.5, 0.6) is 0 Å². The van der Waals surface area contributed by atoms with E-state index in [0.717, 1.165) is 31.6 Å². The predicted molar refractivity (Wildman–Crippen MR) is 71.0 cm³/mol. The van der Waals surface area contributed by atoms with Gasteiger partial charge in [0.05, 0.1) is 17.7 Å². The Hall–Kier alpha value is -1.44. The molecule has 1 unspecified atom stereocenters. The maximum atomic E-state index is 13.2. The van der Waals surface area contributed by atoms with Crippen molar-refractivity contribution in [2.75, 3.05) is 20.2 Å². The van der Waals surface area contributed by atoms with Crippen molar-refractivity contribution in [2.45, 2.75) is 31.9 Å². The zero-order chi connectivity index (χ0) is 13.7. The van der Waals surface area contributed by atoms with E-state index in [9.17, 15) is 4.39 Å². The second-order valence-electron chi connectivity index (χ2n) is 5.10. The van der Waals surface area contributed by atoms with Crippen molar-refractivity contribution in [3.63, 3.8) is 0 Å². The molecule has 2 rings (SSSR count). The number of rotatable bonds is 4. The molecule has 0 spiro atoms. The molecule has 0 radical (unpaired) electrons. The molecule has 1 fully saturated rings. The van der Waals surface area contributed by atoms with Gasteiger partial charge in [0.15, 0.2) is 0 Å². The quantitative estimate of drug-likeness (QED) is 0.837. The van der Waals surface area contributed by atoms with Gasteiger partial charge in [-0.05, 0) is 50.1 Å². The van der Waals surface area contributed by atoms with Crippen LogP contribution in [0.1, 0.15) is 30.4 Å². The largest absolute Gasteiger partial charge is 0.377 e. The summed E-state index contributed by atoms with van der Waals surface area (Å²) >= 11 is 0. The third-order valence-electron chi connectivity index (χ3n) is 3.42. The average molecular weight is 262 g/mol. The molecule has 0 bridgehead atoms. The van der Waals surface area contributed by atoms with Crippen molar-refractivity contribution in [1.82, 2.24) is 4.90 Å². The highest BCUT2D eigenvalue weighted by Gasteiger charge is 2.16. The van der Waals surface area contributed by atoms with Crippen LogP contribution < -0.4 is 0 Å². The highest BCUT2D eigenvalue weighted by molar-refractivity contribution is 5.37. The Kier molecular flexibility index (Phi) is 4.89. The fraction of sp³-hybridized carbons (Fsp3) is 0.533. The van der Waals surface area contributed by atoms with E-state index >= 15 is 0 Å². The van der Waals surface area contributed by atoms with E-state index in [1.54, 1.807) is 0 Å². The van der Waals surface area contributed by atoms with Gasteiger partial charge in [-0.1, -0.05) is 0 Å². The summed E-state index contributed by atoms with van der Waals surface area (Å²) in [6.07, 6.45) is 3.70. The van der Waals surface area contributed by atoms with Crippen LogP contribution in [0.4, 0.5) is 4.39 Å². The number of hydrogen-bond donors (Lipinski definition) is 0. The lowest BCUT2D eigenvalue weighted by Gasteiger charge is -2.27. The molecule has 102 valence electrons. The minimum atomic E-state index is -0.295. The Morgan fingerprint density at radius 3 is 3.00 bits per heavy atom. The Morgan fingerprint density at radius 1 is 1.47 bits per heavy atom. The molecule has 0 aliphatic carbocycles. The molecule has 1 aliphatic rings. The van der Waals surface area contributed by atoms with Gasteiger partial charge in [-0.15, -0.1) is 0 Å². The Balaban J connectivity index is 1.96. The summed E-state index contributed by atoms with van der Waals surface area (Å²) < 4.78 is 18.9. The van der Waals surface area contributed by atoms with Gasteiger partial charge in [0.1, 0.15) is 5.82 Å². The molecule has 19 heavy (non-hydrogen) atoms. The van der Waals surface area contributed by atoms with Crippen molar-refractivity contribution in [2.24, 2.45) is 0 Å². The lowest BCUT2D eigenvalue weighted by molar-refractivity contribution is -0.00260. The summed E-state index contributed by atoms with van der Waals surface area (Å²) in [5.74, 6) is -0.295. The van der Waals surface area contributed by atoms with E-state index < -0.39 is 0 Å². The lowest BCUT2D eigenvalue weighted by Crippen LogP contribution is -2.33. The fourth-order valence-electron chi connectivity index (χ4n) is 2.46. The van der Waals surface area contributed by atoms with Gasteiger partial charge in [0.2, 0.25) is 0 Å². The molecular formula is C15H19FN2O. The smallest absolute Gasteiger partial charge is 0.123 e. The molecule has 1 saturated heterocycles. The minimum Gasteiger partial charge on any atom is -0.377 e. The standard InChI is InChI=1S/C15H19FN2O/c1-18(11-15-4-2-3-7-19-15)10-13-8-14(16)6-5-12(13)9-17/h5-6,8,15H,2-4,7,10-11H2,1H3. The number of benzene rings is 1. The SMILES string of the molecule is CN(Cc1cc(F)ccc1C#N)CC1CCCCO1. The molecule has 0 saturated carbocycles. The molecule has 1 atom stereocenters. The van der Waals surface area contributed by atoms with E-state index in [1.807, 2.05) is 7.05 Å². The Morgan fingerprint density at radius 2 is 2.32 bits per heavy atom. The first-order valence-electron chi connectivity index (χ1n) is 6.67. The van der Waals surface area contributed by atoms with E-state index in [-0.39, 0.29) is 11.9 Å². The van der Waals surface area contributed by atoms with Crippen LogP contribution in [0.15, 0.2) is 18.2 Å². The van der Waals surface area contributed by atoms with Crippen LogP contribution in [0, 0.1) is 17.1 Å². The minimum absolute atomic E-state index is 0.262. The zero-order valence-electron chi connectivity index (χ0n) is 11.2. The summed E-state index contributed by atoms with van der Waals surface area (Å²) in [5, 5.41) is 9.03. The molecule has 1 aliphatic heterocycles.